The molecule has 2 saturated heterocycles. The van der Waals surface area contributed by atoms with E-state index in [0.29, 0.717) is 12.5 Å². The Labute approximate surface area is 118 Å². The number of halogens is 1. The lowest BCUT2D eigenvalue weighted by atomic mass is 9.84. The molecule has 0 aromatic rings. The van der Waals surface area contributed by atoms with Crippen molar-refractivity contribution in [3.05, 3.63) is 0 Å². The van der Waals surface area contributed by atoms with E-state index >= 15 is 0 Å². The zero-order chi connectivity index (χ0) is 13.8. The molecule has 2 heterocycles. The average Bonchev–Trinajstić information content (AvgIpc) is 2.39. The summed E-state index contributed by atoms with van der Waals surface area (Å²) < 4.78 is 14.2. The first-order chi connectivity index (χ1) is 9.10. The molecule has 2 aliphatic heterocycles. The van der Waals surface area contributed by atoms with Crippen molar-refractivity contribution in [3.8, 4) is 0 Å². The highest BCUT2D eigenvalue weighted by atomic mass is 19.1. The molecule has 2 nitrogen and oxygen atoms in total. The second kappa shape index (κ2) is 7.03. The third-order valence-electron chi connectivity index (χ3n) is 5.20. The lowest BCUT2D eigenvalue weighted by Gasteiger charge is -2.39. The smallest absolute Gasteiger partial charge is 0.116 e. The fourth-order valence-corrected chi connectivity index (χ4v) is 3.75. The molecule has 112 valence electrons. The predicted octanol–water partition coefficient (Wildman–Crippen LogP) is 3.03. The van der Waals surface area contributed by atoms with Gasteiger partial charge in [0.25, 0.3) is 0 Å². The minimum Gasteiger partial charge on any atom is -0.304 e. The maximum atomic E-state index is 14.2. The number of nitrogens with zero attached hydrogens (tertiary/aromatic N) is 2. The van der Waals surface area contributed by atoms with Gasteiger partial charge in [0.05, 0.1) is 0 Å². The van der Waals surface area contributed by atoms with Crippen LogP contribution in [0, 0.1) is 17.8 Å². The van der Waals surface area contributed by atoms with E-state index in [1.54, 1.807) is 0 Å². The summed E-state index contributed by atoms with van der Waals surface area (Å²) in [5, 5.41) is 0. The quantitative estimate of drug-likeness (QED) is 0.775. The third kappa shape index (κ3) is 4.16. The van der Waals surface area contributed by atoms with Crippen LogP contribution in [0.5, 0.6) is 0 Å². The van der Waals surface area contributed by atoms with Crippen LogP contribution in [0.2, 0.25) is 0 Å². The van der Waals surface area contributed by atoms with Gasteiger partial charge < -0.3 is 9.80 Å². The van der Waals surface area contributed by atoms with Crippen LogP contribution >= 0.6 is 0 Å². The molecule has 0 spiro atoms. The molecule has 0 N–H and O–H groups in total. The van der Waals surface area contributed by atoms with Crippen LogP contribution in [-0.4, -0.2) is 55.2 Å². The van der Waals surface area contributed by atoms with Gasteiger partial charge in [-0.1, -0.05) is 20.8 Å². The van der Waals surface area contributed by atoms with E-state index in [9.17, 15) is 4.39 Å². The van der Waals surface area contributed by atoms with Crippen molar-refractivity contribution in [1.82, 2.24) is 9.80 Å². The highest BCUT2D eigenvalue weighted by Crippen LogP contribution is 2.28. The van der Waals surface area contributed by atoms with Gasteiger partial charge in [-0.25, -0.2) is 4.39 Å². The van der Waals surface area contributed by atoms with E-state index < -0.39 is 6.17 Å². The number of hydrogen-bond acceptors (Lipinski definition) is 2. The zero-order valence-electron chi connectivity index (χ0n) is 12.9. The van der Waals surface area contributed by atoms with E-state index in [4.69, 9.17) is 0 Å². The van der Waals surface area contributed by atoms with Crippen molar-refractivity contribution in [3.63, 3.8) is 0 Å². The van der Waals surface area contributed by atoms with Crippen molar-refractivity contribution in [2.75, 3.05) is 39.3 Å². The number of rotatable bonds is 4. The second-order valence-corrected chi connectivity index (χ2v) is 6.85. The Hall–Kier alpha value is -0.150. The monoisotopic (exact) mass is 270 g/mol. The first-order valence-corrected chi connectivity index (χ1v) is 8.19. The standard InChI is InChI=1S/C16H31FN2/c1-4-18-8-5-14(6-9-18)11-19-10-7-15(13(2)3)16(17)12-19/h13-16H,4-12H2,1-3H3/t15-,16-/m1/s1. The van der Waals surface area contributed by atoms with Crippen molar-refractivity contribution in [2.24, 2.45) is 17.8 Å². The Morgan fingerprint density at radius 2 is 1.68 bits per heavy atom. The minimum atomic E-state index is -0.607. The molecule has 0 aliphatic carbocycles. The van der Waals surface area contributed by atoms with Gasteiger partial charge in [0.1, 0.15) is 6.17 Å². The fourth-order valence-electron chi connectivity index (χ4n) is 3.75. The van der Waals surface area contributed by atoms with Gasteiger partial charge in [-0.15, -0.1) is 0 Å². The maximum absolute atomic E-state index is 14.2. The molecule has 0 amide bonds. The fraction of sp³-hybridized carbons (Fsp3) is 1.00. The third-order valence-corrected chi connectivity index (χ3v) is 5.20. The Bertz CT molecular complexity index is 261. The Morgan fingerprint density at radius 1 is 1.05 bits per heavy atom. The summed E-state index contributed by atoms with van der Waals surface area (Å²) in [6.45, 7) is 13.1. The first-order valence-electron chi connectivity index (χ1n) is 8.19. The highest BCUT2D eigenvalue weighted by Gasteiger charge is 2.32. The van der Waals surface area contributed by atoms with E-state index in [-0.39, 0.29) is 5.92 Å². The second-order valence-electron chi connectivity index (χ2n) is 6.85. The molecule has 2 atom stereocenters. The summed E-state index contributed by atoms with van der Waals surface area (Å²) in [5.74, 6) is 1.58. The van der Waals surface area contributed by atoms with Gasteiger partial charge in [-0.05, 0) is 63.2 Å². The van der Waals surface area contributed by atoms with Crippen LogP contribution in [0.3, 0.4) is 0 Å². The zero-order valence-corrected chi connectivity index (χ0v) is 12.9. The van der Waals surface area contributed by atoms with Crippen LogP contribution in [-0.2, 0) is 0 Å². The van der Waals surface area contributed by atoms with Crippen LogP contribution < -0.4 is 0 Å². The van der Waals surface area contributed by atoms with E-state index in [0.717, 1.165) is 25.4 Å². The van der Waals surface area contributed by atoms with E-state index in [1.807, 2.05) is 0 Å². The van der Waals surface area contributed by atoms with Gasteiger partial charge in [0, 0.05) is 13.1 Å². The number of alkyl halides is 1. The largest absolute Gasteiger partial charge is 0.304 e. The summed E-state index contributed by atoms with van der Waals surface area (Å²) in [5.41, 5.74) is 0. The molecule has 0 saturated carbocycles. The SMILES string of the molecule is CCN1CCC(CN2CC[C@H](C(C)C)[C@H](F)C2)CC1. The molecule has 0 unspecified atom stereocenters. The molecule has 0 aromatic heterocycles. The van der Waals surface area contributed by atoms with Crippen molar-refractivity contribution < 1.29 is 4.39 Å². The lowest BCUT2D eigenvalue weighted by Crippen LogP contribution is -2.46. The molecule has 19 heavy (non-hydrogen) atoms. The first kappa shape index (κ1) is 15.2. The summed E-state index contributed by atoms with van der Waals surface area (Å²) in [6, 6.07) is 0. The highest BCUT2D eigenvalue weighted by molar-refractivity contribution is 4.84. The maximum Gasteiger partial charge on any atom is 0.116 e. The van der Waals surface area contributed by atoms with Crippen molar-refractivity contribution >= 4 is 0 Å². The van der Waals surface area contributed by atoms with Crippen molar-refractivity contribution in [1.29, 1.82) is 0 Å². The average molecular weight is 270 g/mol. The van der Waals surface area contributed by atoms with Gasteiger partial charge in [-0.3, -0.25) is 0 Å². The molecule has 0 bridgehead atoms. The number of likely N-dealkylation sites (tertiary alicyclic amines) is 2. The van der Waals surface area contributed by atoms with E-state index in [2.05, 4.69) is 30.6 Å². The predicted molar refractivity (Wildman–Crippen MR) is 79.1 cm³/mol. The van der Waals surface area contributed by atoms with Crippen LogP contribution in [0.1, 0.15) is 40.0 Å². The van der Waals surface area contributed by atoms with Crippen LogP contribution in [0.15, 0.2) is 0 Å². The van der Waals surface area contributed by atoms with Gasteiger partial charge in [0.15, 0.2) is 0 Å². The minimum absolute atomic E-state index is 0.290. The normalized spacial score (nSPS) is 32.1. The Balaban J connectivity index is 1.73. The molecule has 2 fully saturated rings. The molecule has 2 aliphatic rings. The summed E-state index contributed by atoms with van der Waals surface area (Å²) in [4.78, 5) is 4.91. The molecule has 0 aromatic carbocycles. The number of piperidine rings is 2. The van der Waals surface area contributed by atoms with Gasteiger partial charge >= 0.3 is 0 Å². The molecular formula is C16H31FN2. The lowest BCUT2D eigenvalue weighted by molar-refractivity contribution is 0.0446. The Morgan fingerprint density at radius 3 is 2.21 bits per heavy atom. The Kier molecular flexibility index (Phi) is 5.64. The van der Waals surface area contributed by atoms with Crippen molar-refractivity contribution in [2.45, 2.75) is 46.2 Å². The molecular weight excluding hydrogens is 239 g/mol. The van der Waals surface area contributed by atoms with Crippen LogP contribution in [0.25, 0.3) is 0 Å². The number of hydrogen-bond donors (Lipinski definition) is 0. The molecule has 0 radical (unpaired) electrons. The summed E-state index contributed by atoms with van der Waals surface area (Å²) in [6.07, 6.45) is 3.04. The van der Waals surface area contributed by atoms with Gasteiger partial charge in [-0.2, -0.15) is 0 Å². The summed E-state index contributed by atoms with van der Waals surface area (Å²) in [7, 11) is 0. The van der Waals surface area contributed by atoms with Gasteiger partial charge in [0.2, 0.25) is 0 Å². The summed E-state index contributed by atoms with van der Waals surface area (Å²) >= 11 is 0. The topological polar surface area (TPSA) is 6.48 Å². The van der Waals surface area contributed by atoms with E-state index in [1.165, 1.54) is 32.5 Å². The molecule has 2 rings (SSSR count). The van der Waals surface area contributed by atoms with Crippen LogP contribution in [0.4, 0.5) is 4.39 Å². The molecule has 3 heteroatoms.